The van der Waals surface area contributed by atoms with E-state index in [0.717, 1.165) is 36.6 Å². The van der Waals surface area contributed by atoms with Crippen molar-refractivity contribution in [2.45, 2.75) is 31.7 Å². The highest BCUT2D eigenvalue weighted by molar-refractivity contribution is 7.90. The van der Waals surface area contributed by atoms with Gasteiger partial charge in [0, 0.05) is 11.4 Å². The fourth-order valence-corrected chi connectivity index (χ4v) is 3.62. The lowest BCUT2D eigenvalue weighted by Gasteiger charge is -2.13. The minimum Gasteiger partial charge on any atom is -0.278 e. The summed E-state index contributed by atoms with van der Waals surface area (Å²) in [6.07, 6.45) is 5.71. The molecule has 3 N–H and O–H groups in total. The number of H-pyrrole nitrogens is 1. The van der Waals surface area contributed by atoms with Crippen LogP contribution in [0, 0.1) is 0 Å². The second-order valence-corrected chi connectivity index (χ2v) is 6.32. The van der Waals surface area contributed by atoms with E-state index < -0.39 is 10.2 Å². The third-order valence-electron chi connectivity index (χ3n) is 3.37. The fraction of sp³-hybridized carbons (Fsp3) is 0.417. The van der Waals surface area contributed by atoms with Crippen molar-refractivity contribution in [2.24, 2.45) is 0 Å². The van der Waals surface area contributed by atoms with Crippen molar-refractivity contribution in [3.63, 3.8) is 0 Å². The van der Waals surface area contributed by atoms with Gasteiger partial charge in [-0.1, -0.05) is 12.8 Å². The van der Waals surface area contributed by atoms with Crippen molar-refractivity contribution in [3.05, 3.63) is 24.4 Å². The molecule has 7 heteroatoms. The van der Waals surface area contributed by atoms with Gasteiger partial charge >= 0.3 is 0 Å². The Hall–Kier alpha value is -1.60. The van der Waals surface area contributed by atoms with Gasteiger partial charge in [0.05, 0.1) is 17.4 Å². The SMILES string of the molecule is O=S(=O)(Nc1ccc2cn[nH]c2c1)NC1CCCC1. The summed E-state index contributed by atoms with van der Waals surface area (Å²) in [6, 6.07) is 5.35. The molecule has 0 unspecified atom stereocenters. The summed E-state index contributed by atoms with van der Waals surface area (Å²) in [6.45, 7) is 0. The standard InChI is InChI=1S/C12H16N4O2S/c17-19(18,15-10-3-1-2-4-10)16-11-6-5-9-8-13-14-12(9)7-11/h5-8,10,15-16H,1-4H2,(H,13,14). The van der Waals surface area contributed by atoms with Crippen LogP contribution in [-0.2, 0) is 10.2 Å². The number of aromatic amines is 1. The number of benzene rings is 1. The summed E-state index contributed by atoms with van der Waals surface area (Å²) in [5.41, 5.74) is 1.34. The second kappa shape index (κ2) is 4.82. The Balaban J connectivity index is 1.75. The van der Waals surface area contributed by atoms with E-state index in [0.29, 0.717) is 5.69 Å². The first-order chi connectivity index (χ1) is 9.12. The monoisotopic (exact) mass is 280 g/mol. The number of rotatable bonds is 4. The Kier molecular flexibility index (Phi) is 3.16. The molecule has 102 valence electrons. The average Bonchev–Trinajstić information content (AvgIpc) is 2.97. The Morgan fingerprint density at radius 1 is 1.26 bits per heavy atom. The van der Waals surface area contributed by atoms with E-state index in [1.807, 2.05) is 6.07 Å². The van der Waals surface area contributed by atoms with E-state index in [2.05, 4.69) is 19.6 Å². The van der Waals surface area contributed by atoms with Crippen LogP contribution >= 0.6 is 0 Å². The predicted octanol–water partition coefficient (Wildman–Crippen LogP) is 1.75. The van der Waals surface area contributed by atoms with Crippen LogP contribution in [0.1, 0.15) is 25.7 Å². The molecule has 0 bridgehead atoms. The highest BCUT2D eigenvalue weighted by atomic mass is 32.2. The van der Waals surface area contributed by atoms with Crippen molar-refractivity contribution in [1.82, 2.24) is 14.9 Å². The molecule has 0 saturated heterocycles. The maximum atomic E-state index is 12.0. The molecule has 1 heterocycles. The molecule has 6 nitrogen and oxygen atoms in total. The van der Waals surface area contributed by atoms with Gasteiger partial charge in [0.1, 0.15) is 0 Å². The van der Waals surface area contributed by atoms with Gasteiger partial charge in [-0.2, -0.15) is 18.2 Å². The molecule has 1 saturated carbocycles. The lowest BCUT2D eigenvalue weighted by atomic mass is 10.2. The van der Waals surface area contributed by atoms with Crippen LogP contribution in [0.15, 0.2) is 24.4 Å². The van der Waals surface area contributed by atoms with Crippen LogP contribution < -0.4 is 9.44 Å². The first kappa shape index (κ1) is 12.4. The smallest absolute Gasteiger partial charge is 0.278 e. The zero-order valence-electron chi connectivity index (χ0n) is 10.4. The molecular formula is C12H16N4O2S. The number of hydrogen-bond donors (Lipinski definition) is 3. The fourth-order valence-electron chi connectivity index (χ4n) is 2.45. The van der Waals surface area contributed by atoms with Gasteiger partial charge < -0.3 is 0 Å². The van der Waals surface area contributed by atoms with E-state index in [1.54, 1.807) is 18.3 Å². The number of fused-ring (bicyclic) bond motifs is 1. The minimum atomic E-state index is -3.50. The highest BCUT2D eigenvalue weighted by Crippen LogP contribution is 2.20. The normalized spacial score (nSPS) is 17.1. The van der Waals surface area contributed by atoms with Crippen molar-refractivity contribution >= 4 is 26.8 Å². The Bertz CT molecular complexity index is 674. The molecule has 0 atom stereocenters. The van der Waals surface area contributed by atoms with Crippen molar-refractivity contribution in [2.75, 3.05) is 4.72 Å². The van der Waals surface area contributed by atoms with Crippen molar-refractivity contribution in [1.29, 1.82) is 0 Å². The molecule has 2 aromatic rings. The third-order valence-corrected chi connectivity index (χ3v) is 4.52. The molecule has 1 aromatic heterocycles. The molecule has 1 aliphatic carbocycles. The molecule has 3 rings (SSSR count). The van der Waals surface area contributed by atoms with Crippen LogP contribution in [0.3, 0.4) is 0 Å². The summed E-state index contributed by atoms with van der Waals surface area (Å²) in [7, 11) is -3.50. The highest BCUT2D eigenvalue weighted by Gasteiger charge is 2.21. The molecule has 1 fully saturated rings. The lowest BCUT2D eigenvalue weighted by Crippen LogP contribution is -2.37. The lowest BCUT2D eigenvalue weighted by molar-refractivity contribution is 0.557. The van der Waals surface area contributed by atoms with E-state index in [9.17, 15) is 8.42 Å². The van der Waals surface area contributed by atoms with Gasteiger partial charge in [-0.05, 0) is 31.0 Å². The largest absolute Gasteiger partial charge is 0.299 e. The Morgan fingerprint density at radius 2 is 2.05 bits per heavy atom. The number of nitrogens with zero attached hydrogens (tertiary/aromatic N) is 1. The van der Waals surface area contributed by atoms with Crippen LogP contribution in [-0.4, -0.2) is 24.7 Å². The molecule has 1 aliphatic rings. The van der Waals surface area contributed by atoms with Crippen molar-refractivity contribution in [3.8, 4) is 0 Å². The zero-order chi connectivity index (χ0) is 13.3. The summed E-state index contributed by atoms with van der Waals surface area (Å²) < 4.78 is 29.2. The van der Waals surface area contributed by atoms with Crippen LogP contribution in [0.25, 0.3) is 10.9 Å². The first-order valence-corrected chi connectivity index (χ1v) is 7.84. The summed E-state index contributed by atoms with van der Waals surface area (Å²) in [5.74, 6) is 0. The first-order valence-electron chi connectivity index (χ1n) is 6.36. The summed E-state index contributed by atoms with van der Waals surface area (Å²) >= 11 is 0. The molecule has 0 radical (unpaired) electrons. The number of nitrogens with one attached hydrogen (secondary N) is 3. The number of anilines is 1. The topological polar surface area (TPSA) is 86.9 Å². The van der Waals surface area contributed by atoms with Gasteiger partial charge in [0.2, 0.25) is 0 Å². The molecule has 0 amide bonds. The Labute approximate surface area is 111 Å². The van der Waals surface area contributed by atoms with Crippen LogP contribution in [0.4, 0.5) is 5.69 Å². The average molecular weight is 280 g/mol. The van der Waals surface area contributed by atoms with Crippen molar-refractivity contribution < 1.29 is 8.42 Å². The second-order valence-electron chi connectivity index (χ2n) is 4.88. The van der Waals surface area contributed by atoms with E-state index in [1.165, 1.54) is 0 Å². The number of aromatic nitrogens is 2. The summed E-state index contributed by atoms with van der Waals surface area (Å²) in [4.78, 5) is 0. The van der Waals surface area contributed by atoms with Gasteiger partial charge in [-0.15, -0.1) is 0 Å². The predicted molar refractivity (Wildman–Crippen MR) is 74.0 cm³/mol. The van der Waals surface area contributed by atoms with Gasteiger partial charge in [-0.3, -0.25) is 9.82 Å². The molecule has 1 aromatic carbocycles. The molecule has 19 heavy (non-hydrogen) atoms. The van der Waals surface area contributed by atoms with E-state index in [4.69, 9.17) is 0 Å². The maximum Gasteiger partial charge on any atom is 0.299 e. The Morgan fingerprint density at radius 3 is 2.84 bits per heavy atom. The maximum absolute atomic E-state index is 12.0. The van der Waals surface area contributed by atoms with Crippen LogP contribution in [0.5, 0.6) is 0 Å². The van der Waals surface area contributed by atoms with Crippen LogP contribution in [0.2, 0.25) is 0 Å². The van der Waals surface area contributed by atoms with Gasteiger partial charge in [-0.25, -0.2) is 0 Å². The molecule has 0 spiro atoms. The minimum absolute atomic E-state index is 0.0633. The van der Waals surface area contributed by atoms with E-state index in [-0.39, 0.29) is 6.04 Å². The number of hydrogen-bond acceptors (Lipinski definition) is 3. The van der Waals surface area contributed by atoms with Gasteiger partial charge in [0.15, 0.2) is 0 Å². The van der Waals surface area contributed by atoms with Gasteiger partial charge in [0.25, 0.3) is 10.2 Å². The third kappa shape index (κ3) is 2.87. The molecular weight excluding hydrogens is 264 g/mol. The zero-order valence-corrected chi connectivity index (χ0v) is 11.2. The van der Waals surface area contributed by atoms with E-state index >= 15 is 0 Å². The quantitative estimate of drug-likeness (QED) is 0.797. The molecule has 0 aliphatic heterocycles. The summed E-state index contributed by atoms with van der Waals surface area (Å²) in [5, 5.41) is 7.67.